The van der Waals surface area contributed by atoms with Crippen molar-refractivity contribution in [1.82, 2.24) is 15.2 Å². The number of hydrogen-bond donors (Lipinski definition) is 1. The van der Waals surface area contributed by atoms with E-state index in [1.807, 2.05) is 12.1 Å². The number of nitrogens with zero attached hydrogens (tertiary/aromatic N) is 2. The van der Waals surface area contributed by atoms with E-state index in [1.165, 1.54) is 6.26 Å². The number of hydrogen-bond acceptors (Lipinski definition) is 5. The van der Waals surface area contributed by atoms with Crippen molar-refractivity contribution in [2.45, 2.75) is 32.2 Å². The molecule has 2 rings (SSSR count). The second-order valence-corrected chi connectivity index (χ2v) is 8.91. The molecule has 1 amide bonds. The molecule has 150 valence electrons. The summed E-state index contributed by atoms with van der Waals surface area (Å²) in [6, 6.07) is 3.81. The quantitative estimate of drug-likeness (QED) is 0.685. The number of carbonyl (C=O) groups is 1. The highest BCUT2D eigenvalue weighted by atomic mass is 35.5. The number of aromatic nitrogens is 1. The van der Waals surface area contributed by atoms with Crippen LogP contribution in [0.2, 0.25) is 0 Å². The molecule has 0 aliphatic carbocycles. The summed E-state index contributed by atoms with van der Waals surface area (Å²) in [6.45, 7) is 4.24. The van der Waals surface area contributed by atoms with Crippen LogP contribution < -0.4 is 5.32 Å². The van der Waals surface area contributed by atoms with Crippen molar-refractivity contribution in [2.75, 3.05) is 31.6 Å². The minimum Gasteiger partial charge on any atom is -0.351 e. The van der Waals surface area contributed by atoms with Crippen molar-refractivity contribution in [3.05, 3.63) is 30.1 Å². The maximum Gasteiger partial charge on any atom is 0.224 e. The van der Waals surface area contributed by atoms with Gasteiger partial charge < -0.3 is 5.32 Å². The molecule has 1 N–H and O–H groups in total. The maximum absolute atomic E-state index is 12.3. The van der Waals surface area contributed by atoms with Gasteiger partial charge in [-0.25, -0.2) is 8.42 Å². The first kappa shape index (κ1) is 25.1. The third kappa shape index (κ3) is 8.66. The first-order valence-corrected chi connectivity index (χ1v) is 10.5. The van der Waals surface area contributed by atoms with Crippen LogP contribution in [0.15, 0.2) is 24.5 Å². The number of sulfone groups is 1. The zero-order valence-electron chi connectivity index (χ0n) is 15.3. The topological polar surface area (TPSA) is 79.4 Å². The largest absolute Gasteiger partial charge is 0.351 e. The van der Waals surface area contributed by atoms with E-state index in [-0.39, 0.29) is 42.5 Å². The fraction of sp³-hybridized carbons (Fsp3) is 0.647. The molecule has 1 fully saturated rings. The molecule has 0 unspecified atom stereocenters. The summed E-state index contributed by atoms with van der Waals surface area (Å²) in [5.41, 5.74) is 0.897. The van der Waals surface area contributed by atoms with Crippen molar-refractivity contribution in [1.29, 1.82) is 0 Å². The van der Waals surface area contributed by atoms with E-state index in [4.69, 9.17) is 0 Å². The molecular weight excluding hydrogens is 397 g/mol. The molecule has 26 heavy (non-hydrogen) atoms. The Balaban J connectivity index is 0.00000312. The van der Waals surface area contributed by atoms with Gasteiger partial charge in [0.1, 0.15) is 9.84 Å². The highest BCUT2D eigenvalue weighted by molar-refractivity contribution is 7.90. The molecule has 6 nitrogen and oxygen atoms in total. The van der Waals surface area contributed by atoms with Crippen LogP contribution in [-0.2, 0) is 21.1 Å². The van der Waals surface area contributed by atoms with Gasteiger partial charge in [-0.15, -0.1) is 24.8 Å². The Morgan fingerprint density at radius 2 is 2.08 bits per heavy atom. The molecule has 0 aromatic carbocycles. The summed E-state index contributed by atoms with van der Waals surface area (Å²) in [5.74, 6) is 0.550. The van der Waals surface area contributed by atoms with E-state index in [1.54, 1.807) is 12.4 Å². The number of amides is 1. The van der Waals surface area contributed by atoms with E-state index in [0.717, 1.165) is 31.5 Å². The molecule has 1 aromatic rings. The first-order valence-electron chi connectivity index (χ1n) is 8.45. The second-order valence-electron chi connectivity index (χ2n) is 6.65. The third-order valence-corrected chi connectivity index (χ3v) is 5.31. The van der Waals surface area contributed by atoms with E-state index >= 15 is 0 Å². The van der Waals surface area contributed by atoms with Gasteiger partial charge in [0.05, 0.1) is 12.2 Å². The van der Waals surface area contributed by atoms with Crippen molar-refractivity contribution < 1.29 is 13.2 Å². The Morgan fingerprint density at radius 3 is 2.65 bits per heavy atom. The molecule has 2 heterocycles. The van der Waals surface area contributed by atoms with Crippen LogP contribution in [0, 0.1) is 5.92 Å². The Morgan fingerprint density at radius 1 is 1.35 bits per heavy atom. The van der Waals surface area contributed by atoms with Crippen LogP contribution in [0.1, 0.15) is 25.3 Å². The minimum atomic E-state index is -2.96. The summed E-state index contributed by atoms with van der Waals surface area (Å²) in [4.78, 5) is 18.5. The van der Waals surface area contributed by atoms with Gasteiger partial charge in [-0.2, -0.15) is 0 Å². The number of carbonyl (C=O) groups excluding carboxylic acids is 1. The van der Waals surface area contributed by atoms with Gasteiger partial charge in [0.2, 0.25) is 5.91 Å². The molecule has 2 atom stereocenters. The molecular formula is C17H29Cl2N3O3S. The van der Waals surface area contributed by atoms with Gasteiger partial charge in [0.15, 0.2) is 0 Å². The predicted octanol–water partition coefficient (Wildman–Crippen LogP) is 1.73. The lowest BCUT2D eigenvalue weighted by atomic mass is 9.98. The summed E-state index contributed by atoms with van der Waals surface area (Å²) >= 11 is 0. The molecule has 1 aromatic heterocycles. The van der Waals surface area contributed by atoms with Crippen LogP contribution in [0.25, 0.3) is 0 Å². The Labute approximate surface area is 168 Å². The number of halogens is 2. The lowest BCUT2D eigenvalue weighted by Crippen LogP contribution is -2.41. The van der Waals surface area contributed by atoms with E-state index in [2.05, 4.69) is 22.1 Å². The van der Waals surface area contributed by atoms with Crippen LogP contribution in [0.4, 0.5) is 0 Å². The van der Waals surface area contributed by atoms with Crippen LogP contribution in [0.5, 0.6) is 0 Å². The molecule has 1 saturated heterocycles. The van der Waals surface area contributed by atoms with Gasteiger partial charge in [0, 0.05) is 44.3 Å². The smallest absolute Gasteiger partial charge is 0.224 e. The highest BCUT2D eigenvalue weighted by Crippen LogP contribution is 2.22. The van der Waals surface area contributed by atoms with Crippen molar-refractivity contribution in [3.63, 3.8) is 0 Å². The summed E-state index contributed by atoms with van der Waals surface area (Å²) in [7, 11) is -2.96. The molecule has 1 aliphatic heterocycles. The predicted molar refractivity (Wildman–Crippen MR) is 109 cm³/mol. The van der Waals surface area contributed by atoms with Gasteiger partial charge in [-0.1, -0.05) is 19.4 Å². The molecule has 0 spiro atoms. The van der Waals surface area contributed by atoms with Gasteiger partial charge >= 0.3 is 0 Å². The van der Waals surface area contributed by atoms with Gasteiger partial charge in [-0.05, 0) is 24.0 Å². The average molecular weight is 426 g/mol. The minimum absolute atomic E-state index is 0. The van der Waals surface area contributed by atoms with Crippen molar-refractivity contribution >= 4 is 40.6 Å². The van der Waals surface area contributed by atoms with E-state index in [9.17, 15) is 13.2 Å². The Kier molecular flexibility index (Phi) is 11.3. The molecule has 9 heteroatoms. The van der Waals surface area contributed by atoms with Crippen LogP contribution in [0.3, 0.4) is 0 Å². The van der Waals surface area contributed by atoms with Crippen LogP contribution in [-0.4, -0.2) is 61.9 Å². The number of likely N-dealkylation sites (tertiary alicyclic amines) is 1. The van der Waals surface area contributed by atoms with Crippen molar-refractivity contribution in [3.8, 4) is 0 Å². The normalized spacial score (nSPS) is 20.1. The Hall–Kier alpha value is -0.890. The number of pyridine rings is 1. The standard InChI is InChI=1S/C17H27N3O3S.2ClH/c1-3-5-15-12-20(8-9-24(2,22)23)13-16(15)19-17(21)10-14-6-4-7-18-11-14;;/h4,6-7,11,15-16H,3,5,8-10,12-13H2,1-2H3,(H,19,21);2*1H/t15-,16-;;/m0../s1. The molecule has 0 radical (unpaired) electrons. The van der Waals surface area contributed by atoms with E-state index < -0.39 is 9.84 Å². The van der Waals surface area contributed by atoms with E-state index in [0.29, 0.717) is 18.9 Å². The molecule has 0 bridgehead atoms. The zero-order chi connectivity index (χ0) is 17.6. The first-order chi connectivity index (χ1) is 11.4. The fourth-order valence-corrected chi connectivity index (χ4v) is 3.80. The molecule has 0 saturated carbocycles. The van der Waals surface area contributed by atoms with Gasteiger partial charge in [0.25, 0.3) is 0 Å². The molecule has 1 aliphatic rings. The lowest BCUT2D eigenvalue weighted by Gasteiger charge is -2.19. The maximum atomic E-state index is 12.3. The average Bonchev–Trinajstić information content (AvgIpc) is 2.88. The lowest BCUT2D eigenvalue weighted by molar-refractivity contribution is -0.121. The Bertz CT molecular complexity index is 644. The SMILES string of the molecule is CCC[C@H]1CN(CCS(C)(=O)=O)C[C@@H]1NC(=O)Cc1cccnc1.Cl.Cl. The number of nitrogens with one attached hydrogen (secondary N) is 1. The summed E-state index contributed by atoms with van der Waals surface area (Å²) < 4.78 is 22.7. The van der Waals surface area contributed by atoms with Gasteiger partial charge in [-0.3, -0.25) is 14.7 Å². The summed E-state index contributed by atoms with van der Waals surface area (Å²) in [6.07, 6.45) is 7.07. The third-order valence-electron chi connectivity index (χ3n) is 4.39. The van der Waals surface area contributed by atoms with Crippen molar-refractivity contribution in [2.24, 2.45) is 5.92 Å². The fourth-order valence-electron chi connectivity index (χ4n) is 3.21. The highest BCUT2D eigenvalue weighted by Gasteiger charge is 2.33. The summed E-state index contributed by atoms with van der Waals surface area (Å²) in [5, 5.41) is 3.13. The van der Waals surface area contributed by atoms with Crippen LogP contribution >= 0.6 is 24.8 Å². The monoisotopic (exact) mass is 425 g/mol. The number of rotatable bonds is 8. The second kappa shape index (κ2) is 11.7. The zero-order valence-corrected chi connectivity index (χ0v) is 17.7.